The van der Waals surface area contributed by atoms with Gasteiger partial charge < -0.3 is 4.90 Å². The monoisotopic (exact) mass is 344 g/mol. The van der Waals surface area contributed by atoms with Gasteiger partial charge in [0.2, 0.25) is 5.91 Å². The van der Waals surface area contributed by atoms with Crippen molar-refractivity contribution < 1.29 is 4.79 Å². The highest BCUT2D eigenvalue weighted by Gasteiger charge is 2.05. The van der Waals surface area contributed by atoms with Crippen LogP contribution in [0.3, 0.4) is 0 Å². The van der Waals surface area contributed by atoms with Gasteiger partial charge in [0.05, 0.1) is 0 Å². The van der Waals surface area contributed by atoms with Crippen molar-refractivity contribution in [2.45, 2.75) is 6.42 Å². The Labute approximate surface area is 133 Å². The van der Waals surface area contributed by atoms with Crippen LogP contribution in [0.1, 0.15) is 11.3 Å². The molecule has 2 aromatic rings. The predicted octanol–water partition coefficient (Wildman–Crippen LogP) is 3.56. The van der Waals surface area contributed by atoms with Crippen LogP contribution in [0.15, 0.2) is 59.2 Å². The summed E-state index contributed by atoms with van der Waals surface area (Å²) < 4.78 is 0.977. The highest BCUT2D eigenvalue weighted by Crippen LogP contribution is 2.17. The largest absolute Gasteiger partial charge is 0.342 e. The third kappa shape index (κ3) is 4.83. The number of pyridine rings is 1. The topological polar surface area (TPSA) is 33.2 Å². The van der Waals surface area contributed by atoms with E-state index in [0.29, 0.717) is 6.54 Å². The normalized spacial score (nSPS) is 10.8. The summed E-state index contributed by atoms with van der Waals surface area (Å²) >= 11 is 3.46. The van der Waals surface area contributed by atoms with Gasteiger partial charge >= 0.3 is 0 Å². The molecular formula is C17H17BrN2O. The molecule has 0 aliphatic carbocycles. The van der Waals surface area contributed by atoms with Crippen molar-refractivity contribution in [2.24, 2.45) is 0 Å². The van der Waals surface area contributed by atoms with Gasteiger partial charge in [0.25, 0.3) is 0 Å². The molecule has 0 bridgehead atoms. The van der Waals surface area contributed by atoms with Crippen molar-refractivity contribution in [3.8, 4) is 0 Å². The molecule has 2 rings (SSSR count). The molecule has 1 aromatic heterocycles. The number of rotatable bonds is 5. The van der Waals surface area contributed by atoms with Crippen molar-refractivity contribution in [1.82, 2.24) is 9.88 Å². The van der Waals surface area contributed by atoms with Crippen molar-refractivity contribution in [2.75, 3.05) is 13.6 Å². The first-order valence-corrected chi connectivity index (χ1v) is 7.54. The van der Waals surface area contributed by atoms with Crippen LogP contribution in [0.25, 0.3) is 6.08 Å². The number of hydrogen-bond donors (Lipinski definition) is 0. The van der Waals surface area contributed by atoms with E-state index in [1.165, 1.54) is 0 Å². The molecule has 108 valence electrons. The van der Waals surface area contributed by atoms with Gasteiger partial charge in [-0.15, -0.1) is 0 Å². The second-order valence-corrected chi connectivity index (χ2v) is 5.54. The summed E-state index contributed by atoms with van der Waals surface area (Å²) in [6.07, 6.45) is 5.94. The fourth-order valence-electron chi connectivity index (χ4n) is 1.84. The summed E-state index contributed by atoms with van der Waals surface area (Å²) in [5.74, 6) is -0.0123. The lowest BCUT2D eigenvalue weighted by Gasteiger charge is -2.14. The Morgan fingerprint density at radius 1 is 1.24 bits per heavy atom. The Morgan fingerprint density at radius 3 is 2.71 bits per heavy atom. The minimum atomic E-state index is -0.0123. The summed E-state index contributed by atoms with van der Waals surface area (Å²) in [5, 5.41) is 0. The van der Waals surface area contributed by atoms with Gasteiger partial charge in [-0.3, -0.25) is 9.78 Å². The summed E-state index contributed by atoms with van der Waals surface area (Å²) in [7, 11) is 1.80. The van der Waals surface area contributed by atoms with E-state index in [1.807, 2.05) is 48.5 Å². The molecule has 1 aromatic carbocycles. The van der Waals surface area contributed by atoms with Gasteiger partial charge in [0.1, 0.15) is 0 Å². The number of hydrogen-bond acceptors (Lipinski definition) is 2. The molecule has 21 heavy (non-hydrogen) atoms. The second kappa shape index (κ2) is 7.74. The first kappa shape index (κ1) is 15.4. The smallest absolute Gasteiger partial charge is 0.246 e. The average molecular weight is 345 g/mol. The molecule has 0 aliphatic rings. The van der Waals surface area contributed by atoms with Gasteiger partial charge in [-0.2, -0.15) is 0 Å². The van der Waals surface area contributed by atoms with Gasteiger partial charge in [-0.05, 0) is 29.8 Å². The van der Waals surface area contributed by atoms with E-state index in [2.05, 4.69) is 20.9 Å². The van der Waals surface area contributed by atoms with Gasteiger partial charge in [-0.25, -0.2) is 0 Å². The molecule has 0 saturated carbocycles. The fraction of sp³-hybridized carbons (Fsp3) is 0.176. The highest BCUT2D eigenvalue weighted by atomic mass is 79.9. The fourth-order valence-corrected chi connectivity index (χ4v) is 2.25. The molecule has 4 heteroatoms. The molecule has 0 aliphatic heterocycles. The lowest BCUT2D eigenvalue weighted by molar-refractivity contribution is -0.124. The molecular weight excluding hydrogens is 328 g/mol. The van der Waals surface area contributed by atoms with E-state index in [4.69, 9.17) is 0 Å². The number of likely N-dealkylation sites (N-methyl/N-ethyl adjacent to an activating group) is 1. The molecule has 0 atom stereocenters. The standard InChI is InChI=1S/C17H17BrN2O/c1-20(13-11-15-7-4-5-12-19-15)17(21)10-9-14-6-2-3-8-16(14)18/h2-10,12H,11,13H2,1H3/b10-9+. The maximum absolute atomic E-state index is 12.1. The summed E-state index contributed by atoms with van der Waals surface area (Å²) in [6.45, 7) is 0.649. The summed E-state index contributed by atoms with van der Waals surface area (Å²) in [5.41, 5.74) is 1.98. The van der Waals surface area contributed by atoms with Crippen LogP contribution in [0.5, 0.6) is 0 Å². The zero-order valence-corrected chi connectivity index (χ0v) is 13.5. The highest BCUT2D eigenvalue weighted by molar-refractivity contribution is 9.10. The first-order chi connectivity index (χ1) is 10.2. The van der Waals surface area contributed by atoms with Crippen LogP contribution in [-0.2, 0) is 11.2 Å². The van der Waals surface area contributed by atoms with Crippen molar-refractivity contribution in [3.63, 3.8) is 0 Å². The Bertz CT molecular complexity index is 626. The number of carbonyl (C=O) groups excluding carboxylic acids is 1. The van der Waals surface area contributed by atoms with Crippen LogP contribution < -0.4 is 0 Å². The molecule has 0 saturated heterocycles. The Balaban J connectivity index is 1.89. The molecule has 0 unspecified atom stereocenters. The second-order valence-electron chi connectivity index (χ2n) is 4.69. The summed E-state index contributed by atoms with van der Waals surface area (Å²) in [4.78, 5) is 18.0. The zero-order valence-electron chi connectivity index (χ0n) is 11.9. The van der Waals surface area contributed by atoms with Crippen LogP contribution in [-0.4, -0.2) is 29.4 Å². The van der Waals surface area contributed by atoms with E-state index >= 15 is 0 Å². The minimum absolute atomic E-state index is 0.0123. The van der Waals surface area contributed by atoms with Crippen LogP contribution in [0.4, 0.5) is 0 Å². The van der Waals surface area contributed by atoms with Gasteiger partial charge in [-0.1, -0.05) is 40.2 Å². The van der Waals surface area contributed by atoms with E-state index in [-0.39, 0.29) is 5.91 Å². The van der Waals surface area contributed by atoms with Gasteiger partial charge in [0, 0.05) is 42.5 Å². The van der Waals surface area contributed by atoms with E-state index in [0.717, 1.165) is 22.2 Å². The van der Waals surface area contributed by atoms with Crippen LogP contribution in [0, 0.1) is 0 Å². The molecule has 0 N–H and O–H groups in total. The lowest BCUT2D eigenvalue weighted by Crippen LogP contribution is -2.27. The van der Waals surface area contributed by atoms with Gasteiger partial charge in [0.15, 0.2) is 0 Å². The molecule has 3 nitrogen and oxygen atoms in total. The molecule has 1 heterocycles. The lowest BCUT2D eigenvalue weighted by atomic mass is 10.2. The minimum Gasteiger partial charge on any atom is -0.342 e. The van der Waals surface area contributed by atoms with Crippen molar-refractivity contribution >= 4 is 27.9 Å². The number of halogens is 1. The van der Waals surface area contributed by atoms with E-state index in [1.54, 1.807) is 24.2 Å². The molecule has 1 amide bonds. The Kier molecular flexibility index (Phi) is 5.69. The maximum atomic E-state index is 12.1. The SMILES string of the molecule is CN(CCc1ccccn1)C(=O)/C=C/c1ccccc1Br. The van der Waals surface area contributed by atoms with Crippen molar-refractivity contribution in [1.29, 1.82) is 0 Å². The number of aromatic nitrogens is 1. The van der Waals surface area contributed by atoms with Crippen molar-refractivity contribution in [3.05, 3.63) is 70.5 Å². The Hall–Kier alpha value is -1.94. The number of nitrogens with zero attached hydrogens (tertiary/aromatic N) is 2. The Morgan fingerprint density at radius 2 is 2.00 bits per heavy atom. The average Bonchev–Trinajstić information content (AvgIpc) is 2.52. The zero-order chi connectivity index (χ0) is 15.1. The predicted molar refractivity (Wildman–Crippen MR) is 88.8 cm³/mol. The third-order valence-corrected chi connectivity index (χ3v) is 3.84. The van der Waals surface area contributed by atoms with Crippen LogP contribution in [0.2, 0.25) is 0 Å². The van der Waals surface area contributed by atoms with Crippen LogP contribution >= 0.6 is 15.9 Å². The number of benzene rings is 1. The maximum Gasteiger partial charge on any atom is 0.246 e. The van der Waals surface area contributed by atoms with E-state index < -0.39 is 0 Å². The van der Waals surface area contributed by atoms with E-state index in [9.17, 15) is 4.79 Å². The first-order valence-electron chi connectivity index (χ1n) is 6.74. The quantitative estimate of drug-likeness (QED) is 0.777. The number of carbonyl (C=O) groups is 1. The molecule has 0 fully saturated rings. The molecule has 0 radical (unpaired) electrons. The molecule has 0 spiro atoms. The third-order valence-electron chi connectivity index (χ3n) is 3.12. The summed E-state index contributed by atoms with van der Waals surface area (Å²) in [6, 6.07) is 13.6. The number of amides is 1.